The molecule has 6 nitrogen and oxygen atoms in total. The van der Waals surface area contributed by atoms with Gasteiger partial charge in [0.25, 0.3) is 0 Å². The molecular formula is C18H18ClN3O3. The highest BCUT2D eigenvalue weighted by Crippen LogP contribution is 2.25. The highest BCUT2D eigenvalue weighted by atomic mass is 35.5. The van der Waals surface area contributed by atoms with E-state index in [1.54, 1.807) is 47.4 Å². The lowest BCUT2D eigenvalue weighted by Crippen LogP contribution is -2.39. The molecule has 3 rings (SSSR count). The van der Waals surface area contributed by atoms with Crippen LogP contribution in [0.3, 0.4) is 0 Å². The number of para-hydroxylation sites is 2. The SMILES string of the molecule is COc1ccccc1NC(=O)N[C@H]1CC(=O)N(c2ccc(Cl)cc2)C1. The van der Waals surface area contributed by atoms with Crippen LogP contribution < -0.4 is 20.3 Å². The van der Waals surface area contributed by atoms with E-state index >= 15 is 0 Å². The van der Waals surface area contributed by atoms with Crippen molar-refractivity contribution >= 4 is 34.9 Å². The van der Waals surface area contributed by atoms with Gasteiger partial charge in [-0.2, -0.15) is 0 Å². The number of ether oxygens (including phenoxy) is 1. The maximum Gasteiger partial charge on any atom is 0.319 e. The molecule has 1 aliphatic rings. The normalized spacial score (nSPS) is 16.6. The molecule has 1 fully saturated rings. The molecule has 0 radical (unpaired) electrons. The van der Waals surface area contributed by atoms with Crippen molar-refractivity contribution in [1.29, 1.82) is 0 Å². The summed E-state index contributed by atoms with van der Waals surface area (Å²) in [6.45, 7) is 0.416. The summed E-state index contributed by atoms with van der Waals surface area (Å²) in [6.07, 6.45) is 0.252. The molecule has 1 saturated heterocycles. The summed E-state index contributed by atoms with van der Waals surface area (Å²) >= 11 is 5.88. The quantitative estimate of drug-likeness (QED) is 0.880. The van der Waals surface area contributed by atoms with Gasteiger partial charge in [-0.25, -0.2) is 4.79 Å². The summed E-state index contributed by atoms with van der Waals surface area (Å²) in [5.74, 6) is 0.535. The van der Waals surface area contributed by atoms with E-state index in [0.29, 0.717) is 23.0 Å². The van der Waals surface area contributed by atoms with Gasteiger partial charge < -0.3 is 20.3 Å². The van der Waals surface area contributed by atoms with Crippen molar-refractivity contribution < 1.29 is 14.3 Å². The number of rotatable bonds is 4. The summed E-state index contributed by atoms with van der Waals surface area (Å²) in [6, 6.07) is 13.5. The zero-order chi connectivity index (χ0) is 17.8. The Morgan fingerprint density at radius 1 is 1.20 bits per heavy atom. The first-order valence-electron chi connectivity index (χ1n) is 7.83. The van der Waals surface area contributed by atoms with E-state index in [9.17, 15) is 9.59 Å². The minimum atomic E-state index is -0.375. The smallest absolute Gasteiger partial charge is 0.319 e. The molecule has 2 aromatic rings. The Hall–Kier alpha value is -2.73. The molecule has 0 aromatic heterocycles. The average Bonchev–Trinajstić information content (AvgIpc) is 2.96. The number of carbonyl (C=O) groups excluding carboxylic acids is 2. The molecule has 0 aliphatic carbocycles. The molecule has 0 saturated carbocycles. The van der Waals surface area contributed by atoms with Gasteiger partial charge in [0, 0.05) is 23.7 Å². The van der Waals surface area contributed by atoms with Crippen LogP contribution in [-0.4, -0.2) is 31.6 Å². The fourth-order valence-corrected chi connectivity index (χ4v) is 2.89. The van der Waals surface area contributed by atoms with Crippen molar-refractivity contribution in [3.05, 3.63) is 53.6 Å². The van der Waals surface area contributed by atoms with Gasteiger partial charge in [0.15, 0.2) is 0 Å². The topological polar surface area (TPSA) is 70.7 Å². The number of hydrogen-bond acceptors (Lipinski definition) is 3. The first-order valence-corrected chi connectivity index (χ1v) is 8.21. The monoisotopic (exact) mass is 359 g/mol. The molecule has 0 spiro atoms. The number of benzene rings is 2. The predicted octanol–water partition coefficient (Wildman–Crippen LogP) is 3.28. The molecule has 25 heavy (non-hydrogen) atoms. The van der Waals surface area contributed by atoms with Gasteiger partial charge in [-0.05, 0) is 36.4 Å². The number of nitrogens with zero attached hydrogens (tertiary/aromatic N) is 1. The summed E-state index contributed by atoms with van der Waals surface area (Å²) in [4.78, 5) is 26.1. The number of carbonyl (C=O) groups is 2. The van der Waals surface area contributed by atoms with Gasteiger partial charge in [0.1, 0.15) is 5.75 Å². The van der Waals surface area contributed by atoms with Crippen LogP contribution in [0.5, 0.6) is 5.75 Å². The number of nitrogens with one attached hydrogen (secondary N) is 2. The van der Waals surface area contributed by atoms with Gasteiger partial charge in [0.2, 0.25) is 5.91 Å². The van der Waals surface area contributed by atoms with E-state index in [1.807, 2.05) is 6.07 Å². The Labute approximate surface area is 150 Å². The van der Waals surface area contributed by atoms with E-state index in [2.05, 4.69) is 10.6 Å². The van der Waals surface area contributed by atoms with Crippen LogP contribution in [0.1, 0.15) is 6.42 Å². The van der Waals surface area contributed by atoms with Crippen molar-refractivity contribution in [1.82, 2.24) is 5.32 Å². The molecule has 7 heteroatoms. The predicted molar refractivity (Wildman–Crippen MR) is 97.4 cm³/mol. The molecule has 3 amide bonds. The zero-order valence-electron chi connectivity index (χ0n) is 13.7. The number of urea groups is 1. The van der Waals surface area contributed by atoms with Crippen molar-refractivity contribution in [3.8, 4) is 5.75 Å². The van der Waals surface area contributed by atoms with E-state index < -0.39 is 0 Å². The van der Waals surface area contributed by atoms with Crippen LogP contribution in [-0.2, 0) is 4.79 Å². The summed E-state index contributed by atoms with van der Waals surface area (Å²) < 4.78 is 5.20. The first kappa shape index (κ1) is 17.1. The van der Waals surface area contributed by atoms with Crippen molar-refractivity contribution in [2.45, 2.75) is 12.5 Å². The second kappa shape index (κ2) is 7.44. The van der Waals surface area contributed by atoms with Crippen LogP contribution in [0.25, 0.3) is 0 Å². The van der Waals surface area contributed by atoms with E-state index in [0.717, 1.165) is 5.69 Å². The van der Waals surface area contributed by atoms with E-state index in [1.165, 1.54) is 7.11 Å². The Morgan fingerprint density at radius 3 is 2.64 bits per heavy atom. The summed E-state index contributed by atoms with van der Waals surface area (Å²) in [5.41, 5.74) is 1.34. The van der Waals surface area contributed by atoms with Crippen LogP contribution in [0, 0.1) is 0 Å². The fraction of sp³-hybridized carbons (Fsp3) is 0.222. The maximum absolute atomic E-state index is 12.2. The standard InChI is InChI=1S/C18H18ClN3O3/c1-25-16-5-3-2-4-15(16)21-18(24)20-13-10-17(23)22(11-13)14-8-6-12(19)7-9-14/h2-9,13H,10-11H2,1H3,(H2,20,21,24)/t13-/m0/s1. The first-order chi connectivity index (χ1) is 12.1. The maximum atomic E-state index is 12.2. The number of anilines is 2. The molecule has 2 N–H and O–H groups in total. The number of hydrogen-bond donors (Lipinski definition) is 2. The third-order valence-corrected chi connectivity index (χ3v) is 4.21. The highest BCUT2D eigenvalue weighted by molar-refractivity contribution is 6.30. The zero-order valence-corrected chi connectivity index (χ0v) is 14.4. The molecule has 0 bridgehead atoms. The van der Waals surface area contributed by atoms with Crippen molar-refractivity contribution in [2.24, 2.45) is 0 Å². The lowest BCUT2D eigenvalue weighted by atomic mass is 10.2. The lowest BCUT2D eigenvalue weighted by molar-refractivity contribution is -0.117. The fourth-order valence-electron chi connectivity index (χ4n) is 2.77. The second-order valence-corrected chi connectivity index (χ2v) is 6.12. The van der Waals surface area contributed by atoms with E-state index in [4.69, 9.17) is 16.3 Å². The lowest BCUT2D eigenvalue weighted by Gasteiger charge is -2.18. The molecule has 1 aliphatic heterocycles. The van der Waals surface area contributed by atoms with Crippen LogP contribution in [0.15, 0.2) is 48.5 Å². The van der Waals surface area contributed by atoms with E-state index in [-0.39, 0.29) is 24.4 Å². The third-order valence-electron chi connectivity index (χ3n) is 3.95. The minimum absolute atomic E-state index is 0.0371. The number of methoxy groups -OCH3 is 1. The second-order valence-electron chi connectivity index (χ2n) is 5.68. The van der Waals surface area contributed by atoms with Crippen molar-refractivity contribution in [2.75, 3.05) is 23.9 Å². The summed E-state index contributed by atoms with van der Waals surface area (Å²) in [7, 11) is 1.54. The number of amides is 3. The average molecular weight is 360 g/mol. The van der Waals surface area contributed by atoms with Crippen LogP contribution in [0.4, 0.5) is 16.2 Å². The number of halogens is 1. The molecule has 2 aromatic carbocycles. The third kappa shape index (κ3) is 4.03. The van der Waals surface area contributed by atoms with Gasteiger partial charge >= 0.3 is 6.03 Å². The minimum Gasteiger partial charge on any atom is -0.495 e. The summed E-state index contributed by atoms with van der Waals surface area (Å²) in [5, 5.41) is 6.18. The van der Waals surface area contributed by atoms with Gasteiger partial charge in [0.05, 0.1) is 18.8 Å². The van der Waals surface area contributed by atoms with Gasteiger partial charge in [-0.15, -0.1) is 0 Å². The van der Waals surface area contributed by atoms with Crippen LogP contribution >= 0.6 is 11.6 Å². The Morgan fingerprint density at radius 2 is 1.92 bits per heavy atom. The molecule has 1 heterocycles. The largest absolute Gasteiger partial charge is 0.495 e. The molecule has 130 valence electrons. The molecule has 0 unspecified atom stereocenters. The van der Waals surface area contributed by atoms with Crippen molar-refractivity contribution in [3.63, 3.8) is 0 Å². The highest BCUT2D eigenvalue weighted by Gasteiger charge is 2.31. The van der Waals surface area contributed by atoms with Gasteiger partial charge in [-0.3, -0.25) is 4.79 Å². The Bertz CT molecular complexity index is 779. The van der Waals surface area contributed by atoms with Crippen LogP contribution in [0.2, 0.25) is 5.02 Å². The van der Waals surface area contributed by atoms with Gasteiger partial charge in [-0.1, -0.05) is 23.7 Å². The Balaban J connectivity index is 1.61. The Kier molecular flexibility index (Phi) is 5.09. The molecular weight excluding hydrogens is 342 g/mol. The molecule has 1 atom stereocenters.